The summed E-state index contributed by atoms with van der Waals surface area (Å²) < 4.78 is 0. The summed E-state index contributed by atoms with van der Waals surface area (Å²) in [7, 11) is 0. The molecule has 0 saturated heterocycles. The largest absolute Gasteiger partial charge is 0.277 e. The Labute approximate surface area is 129 Å². The summed E-state index contributed by atoms with van der Waals surface area (Å²) in [6.45, 7) is 0. The molecule has 0 aliphatic rings. The van der Waals surface area contributed by atoms with Gasteiger partial charge in [0.05, 0.1) is 5.71 Å². The Balaban J connectivity index is 2.06. The van der Waals surface area contributed by atoms with E-state index >= 15 is 0 Å². The van der Waals surface area contributed by atoms with Gasteiger partial charge in [0.25, 0.3) is 5.91 Å². The van der Waals surface area contributed by atoms with Crippen molar-refractivity contribution in [2.24, 2.45) is 4.99 Å². The van der Waals surface area contributed by atoms with E-state index in [1.165, 1.54) is 0 Å². The van der Waals surface area contributed by atoms with Crippen molar-refractivity contribution in [3.63, 3.8) is 0 Å². The minimum absolute atomic E-state index is 0.273. The molecule has 0 saturated carbocycles. The Morgan fingerprint density at radius 3 is 1.68 bits per heavy atom. The second-order valence-electron chi connectivity index (χ2n) is 4.73. The first-order chi connectivity index (χ1) is 10.8. The van der Waals surface area contributed by atoms with Crippen molar-refractivity contribution in [1.82, 2.24) is 4.98 Å². The number of nitrogens with zero attached hydrogens (tertiary/aromatic N) is 2. The number of hydrogen-bond acceptors (Lipinski definition) is 2. The number of carbonyl (C=O) groups is 1. The third kappa shape index (κ3) is 3.15. The van der Waals surface area contributed by atoms with Gasteiger partial charge in [0.2, 0.25) is 0 Å². The van der Waals surface area contributed by atoms with Gasteiger partial charge in [-0.1, -0.05) is 60.7 Å². The number of pyridine rings is 1. The Morgan fingerprint density at radius 1 is 0.682 bits per heavy atom. The summed E-state index contributed by atoms with van der Waals surface area (Å²) in [5, 5.41) is 0. The van der Waals surface area contributed by atoms with Crippen LogP contribution in [0.2, 0.25) is 0 Å². The van der Waals surface area contributed by atoms with E-state index in [2.05, 4.69) is 9.98 Å². The van der Waals surface area contributed by atoms with Crippen molar-refractivity contribution in [1.29, 1.82) is 0 Å². The maximum absolute atomic E-state index is 12.4. The van der Waals surface area contributed by atoms with Crippen molar-refractivity contribution in [2.45, 2.75) is 0 Å². The van der Waals surface area contributed by atoms with E-state index in [1.807, 2.05) is 60.7 Å². The highest BCUT2D eigenvalue weighted by atomic mass is 16.1. The minimum Gasteiger partial charge on any atom is -0.267 e. The third-order valence-corrected chi connectivity index (χ3v) is 3.24. The van der Waals surface area contributed by atoms with Crippen LogP contribution in [0.5, 0.6) is 0 Å². The van der Waals surface area contributed by atoms with Crippen LogP contribution in [0.15, 0.2) is 90.2 Å². The van der Waals surface area contributed by atoms with E-state index in [9.17, 15) is 4.79 Å². The summed E-state index contributed by atoms with van der Waals surface area (Å²) in [5.74, 6) is -0.273. The number of carbonyl (C=O) groups excluding carboxylic acids is 1. The Kier molecular flexibility index (Phi) is 4.16. The average molecular weight is 286 g/mol. The van der Waals surface area contributed by atoms with Gasteiger partial charge in [0.1, 0.15) is 0 Å². The van der Waals surface area contributed by atoms with Crippen LogP contribution in [0.25, 0.3) is 0 Å². The molecule has 0 bridgehead atoms. The maximum atomic E-state index is 12.4. The van der Waals surface area contributed by atoms with Gasteiger partial charge >= 0.3 is 0 Å². The van der Waals surface area contributed by atoms with E-state index in [4.69, 9.17) is 0 Å². The van der Waals surface area contributed by atoms with E-state index in [0.29, 0.717) is 11.3 Å². The lowest BCUT2D eigenvalue weighted by atomic mass is 10.0. The highest BCUT2D eigenvalue weighted by Crippen LogP contribution is 2.12. The van der Waals surface area contributed by atoms with E-state index < -0.39 is 0 Å². The fraction of sp³-hybridized carbons (Fsp3) is 0. The molecule has 0 N–H and O–H groups in total. The number of hydrogen-bond donors (Lipinski definition) is 0. The van der Waals surface area contributed by atoms with Crippen LogP contribution in [0.1, 0.15) is 21.5 Å². The lowest BCUT2D eigenvalue weighted by molar-refractivity contribution is 0.100. The SMILES string of the molecule is O=C(N=C(c1ccccc1)c1ccccc1)c1ccncc1. The number of benzene rings is 2. The second-order valence-corrected chi connectivity index (χ2v) is 4.73. The predicted octanol–water partition coefficient (Wildman–Crippen LogP) is 3.76. The van der Waals surface area contributed by atoms with Crippen molar-refractivity contribution < 1.29 is 4.79 Å². The quantitative estimate of drug-likeness (QED) is 0.688. The van der Waals surface area contributed by atoms with Crippen molar-refractivity contribution in [2.75, 3.05) is 0 Å². The first kappa shape index (κ1) is 13.9. The Morgan fingerprint density at radius 2 is 1.18 bits per heavy atom. The summed E-state index contributed by atoms with van der Waals surface area (Å²) >= 11 is 0. The van der Waals surface area contributed by atoms with Crippen molar-refractivity contribution in [3.05, 3.63) is 102 Å². The van der Waals surface area contributed by atoms with Crippen molar-refractivity contribution in [3.8, 4) is 0 Å². The van der Waals surface area contributed by atoms with Gasteiger partial charge in [-0.2, -0.15) is 0 Å². The summed E-state index contributed by atoms with van der Waals surface area (Å²) in [6.07, 6.45) is 3.18. The lowest BCUT2D eigenvalue weighted by Gasteiger charge is -2.07. The van der Waals surface area contributed by atoms with Gasteiger partial charge in [-0.05, 0) is 12.1 Å². The molecule has 22 heavy (non-hydrogen) atoms. The molecule has 1 aromatic heterocycles. The van der Waals surface area contributed by atoms with Crippen LogP contribution < -0.4 is 0 Å². The third-order valence-electron chi connectivity index (χ3n) is 3.24. The summed E-state index contributed by atoms with van der Waals surface area (Å²) in [4.78, 5) is 20.6. The first-order valence-corrected chi connectivity index (χ1v) is 6.98. The molecule has 0 fully saturated rings. The van der Waals surface area contributed by atoms with Crippen LogP contribution in [0, 0.1) is 0 Å². The molecule has 0 aliphatic carbocycles. The fourth-order valence-electron chi connectivity index (χ4n) is 2.15. The first-order valence-electron chi connectivity index (χ1n) is 6.98. The molecule has 1 amide bonds. The standard InChI is InChI=1S/C19H14N2O/c22-19(17-11-13-20-14-12-17)21-18(15-7-3-1-4-8-15)16-9-5-2-6-10-16/h1-14H. The zero-order valence-corrected chi connectivity index (χ0v) is 11.9. The Hall–Kier alpha value is -3.07. The molecule has 1 heterocycles. The van der Waals surface area contributed by atoms with Crippen LogP contribution >= 0.6 is 0 Å². The van der Waals surface area contributed by atoms with Crippen molar-refractivity contribution >= 4 is 11.6 Å². The maximum Gasteiger partial charge on any atom is 0.277 e. The number of amides is 1. The monoisotopic (exact) mass is 286 g/mol. The van der Waals surface area contributed by atoms with Crippen LogP contribution in [-0.4, -0.2) is 16.6 Å². The molecule has 3 heteroatoms. The highest BCUT2D eigenvalue weighted by molar-refractivity contribution is 6.18. The van der Waals surface area contributed by atoms with E-state index in [1.54, 1.807) is 24.5 Å². The van der Waals surface area contributed by atoms with Gasteiger partial charge in [0, 0.05) is 29.1 Å². The zero-order chi connectivity index (χ0) is 15.2. The molecule has 106 valence electrons. The normalized spacial score (nSPS) is 10.0. The zero-order valence-electron chi connectivity index (χ0n) is 11.9. The number of rotatable bonds is 3. The van der Waals surface area contributed by atoms with Gasteiger partial charge < -0.3 is 0 Å². The van der Waals surface area contributed by atoms with Crippen LogP contribution in [0.3, 0.4) is 0 Å². The molecular formula is C19H14N2O. The molecule has 0 radical (unpaired) electrons. The highest BCUT2D eigenvalue weighted by Gasteiger charge is 2.10. The van der Waals surface area contributed by atoms with Crippen LogP contribution in [-0.2, 0) is 0 Å². The molecule has 2 aromatic carbocycles. The number of aliphatic imine (C=N–C) groups is 1. The Bertz CT molecular complexity index is 740. The molecule has 0 atom stereocenters. The summed E-state index contributed by atoms with van der Waals surface area (Å²) in [6, 6.07) is 22.8. The predicted molar refractivity (Wildman–Crippen MR) is 87.1 cm³/mol. The van der Waals surface area contributed by atoms with Gasteiger partial charge in [-0.15, -0.1) is 0 Å². The number of aromatic nitrogens is 1. The van der Waals surface area contributed by atoms with E-state index in [0.717, 1.165) is 11.1 Å². The molecule has 3 rings (SSSR count). The molecule has 0 spiro atoms. The molecule has 0 aliphatic heterocycles. The molecule has 3 aromatic rings. The molecule has 3 nitrogen and oxygen atoms in total. The van der Waals surface area contributed by atoms with Gasteiger partial charge in [-0.3, -0.25) is 9.78 Å². The van der Waals surface area contributed by atoms with E-state index in [-0.39, 0.29) is 5.91 Å². The molecular weight excluding hydrogens is 272 g/mol. The summed E-state index contributed by atoms with van der Waals surface area (Å²) in [5.41, 5.74) is 3.02. The fourth-order valence-corrected chi connectivity index (χ4v) is 2.15. The average Bonchev–Trinajstić information content (AvgIpc) is 2.62. The van der Waals surface area contributed by atoms with Crippen LogP contribution in [0.4, 0.5) is 0 Å². The second kappa shape index (κ2) is 6.59. The smallest absolute Gasteiger partial charge is 0.267 e. The molecule has 0 unspecified atom stereocenters. The topological polar surface area (TPSA) is 42.3 Å². The van der Waals surface area contributed by atoms with Gasteiger partial charge in [-0.25, -0.2) is 4.99 Å². The van der Waals surface area contributed by atoms with Gasteiger partial charge in [0.15, 0.2) is 0 Å². The minimum atomic E-state index is -0.273. The lowest BCUT2D eigenvalue weighted by Crippen LogP contribution is -2.07.